The number of carbonyl (C=O) groups is 1. The Hall–Kier alpha value is -3.94. The van der Waals surface area contributed by atoms with Crippen LogP contribution in [0, 0.1) is 6.92 Å². The smallest absolute Gasteiger partial charge is 0.416 e. The van der Waals surface area contributed by atoms with E-state index in [0.29, 0.717) is 29.8 Å². The molecule has 0 aliphatic carbocycles. The third-order valence-electron chi connectivity index (χ3n) is 5.53. The number of carbonyl (C=O) groups excluding carboxylic acids is 1. The van der Waals surface area contributed by atoms with Gasteiger partial charge in [0.25, 0.3) is 5.91 Å². The van der Waals surface area contributed by atoms with Gasteiger partial charge in [-0.2, -0.15) is 18.2 Å². The largest absolute Gasteiger partial charge is 0.434 e. The molecule has 166 valence electrons. The summed E-state index contributed by atoms with van der Waals surface area (Å²) in [5, 5.41) is 0. The molecule has 0 fully saturated rings. The van der Waals surface area contributed by atoms with Crippen molar-refractivity contribution in [3.8, 4) is 22.8 Å². The molecule has 0 spiro atoms. The summed E-state index contributed by atoms with van der Waals surface area (Å²) >= 11 is 0. The van der Waals surface area contributed by atoms with Crippen LogP contribution in [0.1, 0.15) is 27.3 Å². The molecule has 33 heavy (non-hydrogen) atoms. The molecule has 1 amide bonds. The second kappa shape index (κ2) is 7.88. The molecular formula is C25H18F3N3O2. The van der Waals surface area contributed by atoms with Gasteiger partial charge in [-0.25, -0.2) is 4.98 Å². The van der Waals surface area contributed by atoms with E-state index >= 15 is 0 Å². The predicted molar refractivity (Wildman–Crippen MR) is 117 cm³/mol. The van der Waals surface area contributed by atoms with E-state index in [1.165, 1.54) is 17.0 Å². The highest BCUT2D eigenvalue weighted by molar-refractivity contribution is 6.08. The molecular weight excluding hydrogens is 431 g/mol. The van der Waals surface area contributed by atoms with Gasteiger partial charge in [0.15, 0.2) is 11.6 Å². The molecule has 0 N–H and O–H groups in total. The summed E-state index contributed by atoms with van der Waals surface area (Å²) in [6, 6.07) is 17.5. The molecule has 0 saturated carbocycles. The zero-order valence-electron chi connectivity index (χ0n) is 17.6. The van der Waals surface area contributed by atoms with Crippen LogP contribution in [-0.4, -0.2) is 22.4 Å². The molecule has 5 nitrogen and oxygen atoms in total. The second-order valence-electron chi connectivity index (χ2n) is 7.78. The van der Waals surface area contributed by atoms with Crippen molar-refractivity contribution >= 4 is 11.7 Å². The van der Waals surface area contributed by atoms with Crippen LogP contribution in [0.5, 0.6) is 0 Å². The Morgan fingerprint density at radius 2 is 1.64 bits per heavy atom. The predicted octanol–water partition coefficient (Wildman–Crippen LogP) is 5.93. The van der Waals surface area contributed by atoms with Gasteiger partial charge in [-0.1, -0.05) is 36.4 Å². The lowest BCUT2D eigenvalue weighted by atomic mass is 10.0. The molecule has 3 heterocycles. The number of anilines is 1. The molecule has 0 radical (unpaired) electrons. The number of aromatic nitrogens is 2. The van der Waals surface area contributed by atoms with E-state index in [1.807, 2.05) is 49.4 Å². The van der Waals surface area contributed by atoms with Gasteiger partial charge in [-0.05, 0) is 49.2 Å². The number of amides is 1. The maximum atomic E-state index is 13.3. The third-order valence-corrected chi connectivity index (χ3v) is 5.53. The van der Waals surface area contributed by atoms with Crippen LogP contribution in [-0.2, 0) is 12.6 Å². The van der Waals surface area contributed by atoms with Crippen LogP contribution >= 0.6 is 0 Å². The fraction of sp³-hybridized carbons (Fsp3) is 0.160. The first-order valence-corrected chi connectivity index (χ1v) is 10.3. The number of aryl methyl sites for hydroxylation is 1. The molecule has 8 heteroatoms. The standard InChI is InChI=1S/C25H18F3N3O2/c1-15-7-8-16-13-14-31(24(32)20(16)29-15)22-21(17-9-11-19(12-10-17)25(26,27)28)33-23(30-22)18-5-3-2-4-6-18/h2-12H,13-14H2,1H3. The first-order chi connectivity index (χ1) is 15.8. The van der Waals surface area contributed by atoms with Crippen molar-refractivity contribution in [3.05, 3.63) is 89.2 Å². The van der Waals surface area contributed by atoms with E-state index in [-0.39, 0.29) is 23.4 Å². The summed E-state index contributed by atoms with van der Waals surface area (Å²) in [5.41, 5.74) is 2.24. The minimum absolute atomic E-state index is 0.229. The quantitative estimate of drug-likeness (QED) is 0.389. The fourth-order valence-electron chi connectivity index (χ4n) is 3.83. The van der Waals surface area contributed by atoms with Gasteiger partial charge in [0, 0.05) is 23.4 Å². The Bertz CT molecular complexity index is 1330. The highest BCUT2D eigenvalue weighted by Crippen LogP contribution is 2.38. The van der Waals surface area contributed by atoms with Crippen LogP contribution in [0.4, 0.5) is 19.0 Å². The number of oxazole rings is 1. The Morgan fingerprint density at radius 3 is 2.33 bits per heavy atom. The summed E-state index contributed by atoms with van der Waals surface area (Å²) in [6.45, 7) is 2.16. The van der Waals surface area contributed by atoms with E-state index < -0.39 is 11.7 Å². The van der Waals surface area contributed by atoms with Crippen LogP contribution in [0.3, 0.4) is 0 Å². The average Bonchev–Trinajstić information content (AvgIpc) is 3.25. The lowest BCUT2D eigenvalue weighted by molar-refractivity contribution is -0.137. The molecule has 1 aliphatic rings. The molecule has 2 aromatic carbocycles. The molecule has 0 bridgehead atoms. The highest BCUT2D eigenvalue weighted by Gasteiger charge is 2.33. The van der Waals surface area contributed by atoms with Gasteiger partial charge in [-0.3, -0.25) is 9.69 Å². The van der Waals surface area contributed by atoms with E-state index in [9.17, 15) is 18.0 Å². The van der Waals surface area contributed by atoms with Crippen molar-refractivity contribution < 1.29 is 22.4 Å². The maximum absolute atomic E-state index is 13.3. The summed E-state index contributed by atoms with van der Waals surface area (Å²) in [5.74, 6) is 0.442. The summed E-state index contributed by atoms with van der Waals surface area (Å²) < 4.78 is 45.2. The monoisotopic (exact) mass is 449 g/mol. The lowest BCUT2D eigenvalue weighted by Gasteiger charge is -2.26. The van der Waals surface area contributed by atoms with E-state index in [2.05, 4.69) is 9.97 Å². The minimum Gasteiger partial charge on any atom is -0.434 e. The van der Waals surface area contributed by atoms with Crippen molar-refractivity contribution in [2.24, 2.45) is 0 Å². The van der Waals surface area contributed by atoms with Gasteiger partial charge < -0.3 is 4.42 Å². The maximum Gasteiger partial charge on any atom is 0.416 e. The Balaban J connectivity index is 1.62. The first kappa shape index (κ1) is 20.9. The van der Waals surface area contributed by atoms with Crippen molar-refractivity contribution in [1.82, 2.24) is 9.97 Å². The Morgan fingerprint density at radius 1 is 0.909 bits per heavy atom. The molecule has 4 aromatic rings. The van der Waals surface area contributed by atoms with Crippen LogP contribution < -0.4 is 4.90 Å². The normalized spacial score (nSPS) is 13.8. The number of halogens is 3. The SMILES string of the molecule is Cc1ccc2c(n1)C(=O)N(c1nc(-c3ccccc3)oc1-c1ccc(C(F)(F)F)cc1)CC2. The summed E-state index contributed by atoms with van der Waals surface area (Å²) in [6.07, 6.45) is -3.87. The number of nitrogens with zero attached hydrogens (tertiary/aromatic N) is 3. The Kier molecular flexibility index (Phi) is 5.00. The first-order valence-electron chi connectivity index (χ1n) is 10.3. The van der Waals surface area contributed by atoms with Gasteiger partial charge in [0.2, 0.25) is 5.89 Å². The number of benzene rings is 2. The van der Waals surface area contributed by atoms with Gasteiger partial charge >= 0.3 is 6.18 Å². The number of pyridine rings is 1. The molecule has 1 aliphatic heterocycles. The molecule has 0 unspecified atom stereocenters. The molecule has 5 rings (SSSR count). The zero-order valence-corrected chi connectivity index (χ0v) is 17.6. The zero-order chi connectivity index (χ0) is 23.2. The van der Waals surface area contributed by atoms with Crippen LogP contribution in [0.25, 0.3) is 22.8 Å². The fourth-order valence-corrected chi connectivity index (χ4v) is 3.83. The van der Waals surface area contributed by atoms with Crippen LogP contribution in [0.15, 0.2) is 71.1 Å². The van der Waals surface area contributed by atoms with E-state index in [1.54, 1.807) is 0 Å². The highest BCUT2D eigenvalue weighted by atomic mass is 19.4. The second-order valence-corrected chi connectivity index (χ2v) is 7.78. The summed E-state index contributed by atoms with van der Waals surface area (Å²) in [4.78, 5) is 23.8. The van der Waals surface area contributed by atoms with E-state index in [0.717, 1.165) is 23.4 Å². The van der Waals surface area contributed by atoms with Crippen molar-refractivity contribution in [1.29, 1.82) is 0 Å². The number of alkyl halides is 3. The topological polar surface area (TPSA) is 59.2 Å². The summed E-state index contributed by atoms with van der Waals surface area (Å²) in [7, 11) is 0. The number of rotatable bonds is 3. The van der Waals surface area contributed by atoms with Gasteiger partial charge in [-0.15, -0.1) is 0 Å². The third kappa shape index (κ3) is 3.88. The Labute approximate surface area is 187 Å². The minimum atomic E-state index is -4.45. The molecule has 2 aromatic heterocycles. The molecule has 0 atom stereocenters. The van der Waals surface area contributed by atoms with Crippen molar-refractivity contribution in [3.63, 3.8) is 0 Å². The molecule has 0 saturated heterocycles. The number of hydrogen-bond donors (Lipinski definition) is 0. The van der Waals surface area contributed by atoms with Gasteiger partial charge in [0.1, 0.15) is 5.69 Å². The van der Waals surface area contributed by atoms with Gasteiger partial charge in [0.05, 0.1) is 5.56 Å². The number of hydrogen-bond acceptors (Lipinski definition) is 4. The van der Waals surface area contributed by atoms with Crippen LogP contribution in [0.2, 0.25) is 0 Å². The van der Waals surface area contributed by atoms with Crippen molar-refractivity contribution in [2.45, 2.75) is 19.5 Å². The number of fused-ring (bicyclic) bond motifs is 1. The van der Waals surface area contributed by atoms with Crippen molar-refractivity contribution in [2.75, 3.05) is 11.4 Å². The van der Waals surface area contributed by atoms with E-state index in [4.69, 9.17) is 4.42 Å². The lowest BCUT2D eigenvalue weighted by Crippen LogP contribution is -2.39. The average molecular weight is 449 g/mol.